The van der Waals surface area contributed by atoms with Gasteiger partial charge >= 0.3 is 7.82 Å². The molecule has 1 rings (SSSR count). The molecule has 5 heteroatoms. The van der Waals surface area contributed by atoms with Crippen molar-refractivity contribution < 1.29 is 18.1 Å². The number of hydrogen-bond acceptors (Lipinski definition) is 4. The fourth-order valence-corrected chi connectivity index (χ4v) is 5.85. The average molecular weight is 539 g/mol. The molecule has 0 fully saturated rings. The summed E-state index contributed by atoms with van der Waals surface area (Å²) in [6.45, 7) is 5.36. The van der Waals surface area contributed by atoms with E-state index in [4.69, 9.17) is 13.6 Å². The number of hydrogen-bond donors (Lipinski definition) is 0. The fourth-order valence-electron chi connectivity index (χ4n) is 4.59. The highest BCUT2D eigenvalue weighted by Crippen LogP contribution is 2.49. The number of para-hydroxylation sites is 1. The Morgan fingerprint density at radius 2 is 0.811 bits per heavy atom. The van der Waals surface area contributed by atoms with Gasteiger partial charge < -0.3 is 4.52 Å². The van der Waals surface area contributed by atoms with Gasteiger partial charge in [-0.3, -0.25) is 9.05 Å². The average Bonchev–Trinajstić information content (AvgIpc) is 2.90. The fraction of sp³-hybridized carbons (Fsp3) is 0.812. The van der Waals surface area contributed by atoms with Crippen LogP contribution in [0.2, 0.25) is 0 Å². The zero-order chi connectivity index (χ0) is 26.7. The van der Waals surface area contributed by atoms with E-state index in [9.17, 15) is 4.57 Å². The second-order valence-corrected chi connectivity index (χ2v) is 12.2. The summed E-state index contributed by atoms with van der Waals surface area (Å²) >= 11 is 0. The molecule has 0 atom stereocenters. The lowest BCUT2D eigenvalue weighted by atomic mass is 10.1. The van der Waals surface area contributed by atoms with Crippen LogP contribution in [-0.4, -0.2) is 13.2 Å². The predicted molar refractivity (Wildman–Crippen MR) is 160 cm³/mol. The van der Waals surface area contributed by atoms with Crippen LogP contribution in [0.25, 0.3) is 0 Å². The molecule has 0 N–H and O–H groups in total. The van der Waals surface area contributed by atoms with Crippen molar-refractivity contribution >= 4 is 7.82 Å². The standard InChI is InChI=1S/C32H59O4P/c1-3-5-7-9-11-13-15-17-19-21-26-30-34-37(33,36-32-28-24-23-25-29-32)35-31-27-22-20-18-16-14-12-10-8-6-4-2/h23-25,28-29H,3-22,26-27,30-31H2,1-2H3. The molecule has 0 saturated heterocycles. The lowest BCUT2D eigenvalue weighted by Crippen LogP contribution is -2.05. The van der Waals surface area contributed by atoms with Crippen LogP contribution < -0.4 is 4.52 Å². The molecule has 216 valence electrons. The summed E-state index contributed by atoms with van der Waals surface area (Å²) in [5.41, 5.74) is 0. The van der Waals surface area contributed by atoms with E-state index in [1.54, 1.807) is 12.1 Å². The van der Waals surface area contributed by atoms with E-state index < -0.39 is 7.82 Å². The van der Waals surface area contributed by atoms with Crippen LogP contribution in [0.5, 0.6) is 5.75 Å². The molecule has 37 heavy (non-hydrogen) atoms. The smallest absolute Gasteiger partial charge is 0.404 e. The van der Waals surface area contributed by atoms with Gasteiger partial charge in [0.2, 0.25) is 0 Å². The third-order valence-corrected chi connectivity index (χ3v) is 8.39. The summed E-state index contributed by atoms with van der Waals surface area (Å²) in [7, 11) is -3.60. The maximum atomic E-state index is 13.3. The SMILES string of the molecule is CCCCCCCCCCCCCOP(=O)(OCCCCCCCCCCCCC)Oc1ccccc1. The number of benzene rings is 1. The van der Waals surface area contributed by atoms with Crippen molar-refractivity contribution in [1.82, 2.24) is 0 Å². The lowest BCUT2D eigenvalue weighted by Gasteiger charge is -2.18. The van der Waals surface area contributed by atoms with Gasteiger partial charge in [-0.1, -0.05) is 160 Å². The summed E-state index contributed by atoms with van der Waals surface area (Å²) in [6.07, 6.45) is 28.0. The Kier molecular flexibility index (Phi) is 23.5. The molecular weight excluding hydrogens is 479 g/mol. The Morgan fingerprint density at radius 3 is 1.16 bits per heavy atom. The van der Waals surface area contributed by atoms with Crippen molar-refractivity contribution in [3.63, 3.8) is 0 Å². The molecule has 4 nitrogen and oxygen atoms in total. The molecule has 0 amide bonds. The van der Waals surface area contributed by atoms with Crippen LogP contribution in [0.4, 0.5) is 0 Å². The van der Waals surface area contributed by atoms with E-state index in [0.717, 1.165) is 25.7 Å². The molecule has 1 aromatic carbocycles. The first kappa shape index (κ1) is 34.2. The first-order valence-electron chi connectivity index (χ1n) is 15.8. The highest BCUT2D eigenvalue weighted by molar-refractivity contribution is 7.48. The Balaban J connectivity index is 2.16. The minimum atomic E-state index is -3.60. The van der Waals surface area contributed by atoms with E-state index in [2.05, 4.69) is 13.8 Å². The van der Waals surface area contributed by atoms with Crippen molar-refractivity contribution in [3.8, 4) is 5.75 Å². The Labute approximate surface area is 230 Å². The first-order chi connectivity index (χ1) is 18.2. The monoisotopic (exact) mass is 538 g/mol. The van der Waals surface area contributed by atoms with Gasteiger partial charge in [-0.25, -0.2) is 4.57 Å². The van der Waals surface area contributed by atoms with E-state index >= 15 is 0 Å². The third kappa shape index (κ3) is 21.8. The maximum Gasteiger partial charge on any atom is 0.530 e. The molecular formula is C32H59O4P. The van der Waals surface area contributed by atoms with E-state index in [-0.39, 0.29) is 0 Å². The number of rotatable bonds is 28. The maximum absolute atomic E-state index is 13.3. The van der Waals surface area contributed by atoms with Crippen molar-refractivity contribution in [2.45, 2.75) is 155 Å². The van der Waals surface area contributed by atoms with Gasteiger partial charge in [0.25, 0.3) is 0 Å². The lowest BCUT2D eigenvalue weighted by molar-refractivity contribution is 0.150. The van der Waals surface area contributed by atoms with Gasteiger partial charge in [0.05, 0.1) is 13.2 Å². The molecule has 0 bridgehead atoms. The third-order valence-electron chi connectivity index (χ3n) is 6.96. The molecule has 0 aliphatic carbocycles. The zero-order valence-corrected chi connectivity index (χ0v) is 25.3. The van der Waals surface area contributed by atoms with E-state index in [1.165, 1.54) is 116 Å². The second kappa shape index (κ2) is 25.4. The summed E-state index contributed by atoms with van der Waals surface area (Å²) in [4.78, 5) is 0. The zero-order valence-electron chi connectivity index (χ0n) is 24.4. The highest BCUT2D eigenvalue weighted by atomic mass is 31.2. The summed E-state index contributed by atoms with van der Waals surface area (Å²) in [5, 5.41) is 0. The predicted octanol–water partition coefficient (Wildman–Crippen LogP) is 11.8. The van der Waals surface area contributed by atoms with Crippen molar-refractivity contribution in [1.29, 1.82) is 0 Å². The molecule has 0 saturated carbocycles. The van der Waals surface area contributed by atoms with Gasteiger partial charge in [0.15, 0.2) is 0 Å². The quantitative estimate of drug-likeness (QED) is 0.0786. The Hall–Kier alpha value is -0.830. The topological polar surface area (TPSA) is 44.8 Å². The molecule has 0 aliphatic heterocycles. The minimum absolute atomic E-state index is 0.416. The van der Waals surface area contributed by atoms with Crippen LogP contribution in [0.15, 0.2) is 30.3 Å². The number of unbranched alkanes of at least 4 members (excludes halogenated alkanes) is 20. The Morgan fingerprint density at radius 1 is 0.486 bits per heavy atom. The largest absolute Gasteiger partial charge is 0.530 e. The molecule has 0 unspecified atom stereocenters. The van der Waals surface area contributed by atoms with Crippen LogP contribution in [-0.2, 0) is 13.6 Å². The first-order valence-corrected chi connectivity index (χ1v) is 17.3. The van der Waals surface area contributed by atoms with Gasteiger partial charge in [-0.2, -0.15) is 0 Å². The van der Waals surface area contributed by atoms with Crippen LogP contribution in [0, 0.1) is 0 Å². The second-order valence-electron chi connectivity index (χ2n) is 10.6. The van der Waals surface area contributed by atoms with Crippen molar-refractivity contribution in [2.75, 3.05) is 13.2 Å². The number of phosphoric ester groups is 1. The molecule has 0 heterocycles. The van der Waals surface area contributed by atoms with Gasteiger partial charge in [0, 0.05) is 0 Å². The minimum Gasteiger partial charge on any atom is -0.404 e. The molecule has 0 aliphatic rings. The van der Waals surface area contributed by atoms with Crippen molar-refractivity contribution in [2.24, 2.45) is 0 Å². The van der Waals surface area contributed by atoms with Crippen LogP contribution in [0.1, 0.15) is 155 Å². The van der Waals surface area contributed by atoms with E-state index in [1.807, 2.05) is 18.2 Å². The summed E-state index contributed by atoms with van der Waals surface area (Å²) < 4.78 is 30.4. The van der Waals surface area contributed by atoms with Crippen LogP contribution >= 0.6 is 7.82 Å². The van der Waals surface area contributed by atoms with Crippen LogP contribution in [0.3, 0.4) is 0 Å². The summed E-state index contributed by atoms with van der Waals surface area (Å²) in [5.74, 6) is 0.531. The molecule has 0 radical (unpaired) electrons. The van der Waals surface area contributed by atoms with Gasteiger partial charge in [-0.05, 0) is 25.0 Å². The van der Waals surface area contributed by atoms with Gasteiger partial charge in [0.1, 0.15) is 5.75 Å². The number of phosphoric acid groups is 1. The van der Waals surface area contributed by atoms with Gasteiger partial charge in [-0.15, -0.1) is 0 Å². The van der Waals surface area contributed by atoms with E-state index in [0.29, 0.717) is 19.0 Å². The molecule has 1 aromatic rings. The molecule has 0 spiro atoms. The Bertz CT molecular complexity index is 605. The normalized spacial score (nSPS) is 11.7. The molecule has 0 aromatic heterocycles. The van der Waals surface area contributed by atoms with Crippen molar-refractivity contribution in [3.05, 3.63) is 30.3 Å². The highest BCUT2D eigenvalue weighted by Gasteiger charge is 2.28. The summed E-state index contributed by atoms with van der Waals surface area (Å²) in [6, 6.07) is 9.24.